The summed E-state index contributed by atoms with van der Waals surface area (Å²) in [5.41, 5.74) is 2.74. The van der Waals surface area contributed by atoms with Crippen molar-refractivity contribution in [3.8, 4) is 11.5 Å². The number of methoxy groups -OCH3 is 2. The summed E-state index contributed by atoms with van der Waals surface area (Å²) in [7, 11) is 3.06. The van der Waals surface area contributed by atoms with Gasteiger partial charge in [-0.05, 0) is 56.4 Å². The van der Waals surface area contributed by atoms with E-state index in [0.29, 0.717) is 28.2 Å². The second-order valence-electron chi connectivity index (χ2n) is 7.36. The third-order valence-corrected chi connectivity index (χ3v) is 5.51. The van der Waals surface area contributed by atoms with E-state index in [4.69, 9.17) is 9.47 Å². The highest BCUT2D eigenvalue weighted by molar-refractivity contribution is 5.95. The number of ether oxygens (including phenoxy) is 2. The van der Waals surface area contributed by atoms with Gasteiger partial charge in [-0.1, -0.05) is 0 Å². The van der Waals surface area contributed by atoms with E-state index in [2.05, 4.69) is 15.3 Å². The van der Waals surface area contributed by atoms with Gasteiger partial charge in [-0.15, -0.1) is 0 Å². The summed E-state index contributed by atoms with van der Waals surface area (Å²) in [6, 6.07) is 6.22. The van der Waals surface area contributed by atoms with E-state index in [1.165, 1.54) is 18.0 Å². The fourth-order valence-electron chi connectivity index (χ4n) is 3.74. The van der Waals surface area contributed by atoms with Gasteiger partial charge >= 0.3 is 0 Å². The molecule has 0 aliphatic heterocycles. The van der Waals surface area contributed by atoms with E-state index in [0.717, 1.165) is 36.9 Å². The maximum absolute atomic E-state index is 13.1. The van der Waals surface area contributed by atoms with Crippen molar-refractivity contribution in [2.24, 2.45) is 0 Å². The highest BCUT2D eigenvalue weighted by Crippen LogP contribution is 2.29. The molecule has 1 atom stereocenters. The van der Waals surface area contributed by atoms with Gasteiger partial charge in [-0.25, -0.2) is 9.97 Å². The minimum absolute atomic E-state index is 0.277. The Morgan fingerprint density at radius 2 is 1.97 bits per heavy atom. The van der Waals surface area contributed by atoms with Gasteiger partial charge in [0.1, 0.15) is 23.9 Å². The average molecular weight is 408 g/mol. The highest BCUT2D eigenvalue weighted by atomic mass is 16.5. The molecule has 1 aromatic carbocycles. The normalized spacial score (nSPS) is 14.1. The summed E-state index contributed by atoms with van der Waals surface area (Å²) in [5.74, 6) is 0.714. The van der Waals surface area contributed by atoms with Crippen LogP contribution in [0.3, 0.4) is 0 Å². The Hall–Kier alpha value is -3.42. The molecule has 0 fully saturated rings. The number of aromatic nitrogens is 3. The van der Waals surface area contributed by atoms with Crippen LogP contribution in [0.4, 0.5) is 5.69 Å². The van der Waals surface area contributed by atoms with Gasteiger partial charge in [0.15, 0.2) is 5.65 Å². The first kappa shape index (κ1) is 19.9. The zero-order valence-electron chi connectivity index (χ0n) is 17.3. The number of nitrogens with one attached hydrogen (secondary N) is 1. The summed E-state index contributed by atoms with van der Waals surface area (Å²) < 4.78 is 11.9. The van der Waals surface area contributed by atoms with Crippen molar-refractivity contribution in [2.75, 3.05) is 19.5 Å². The number of fused-ring (bicyclic) bond motifs is 2. The SMILES string of the molecule is COc1ccc(OC)c(NC(=O)C(C)n2cnc3nc4c(cc3c2=O)CCCC4)c1. The van der Waals surface area contributed by atoms with E-state index in [-0.39, 0.29) is 11.5 Å². The third kappa shape index (κ3) is 3.60. The Bertz CT molecular complexity index is 1170. The van der Waals surface area contributed by atoms with Gasteiger partial charge < -0.3 is 14.8 Å². The van der Waals surface area contributed by atoms with Crippen LogP contribution in [-0.2, 0) is 17.6 Å². The number of hydrogen-bond donors (Lipinski definition) is 1. The van der Waals surface area contributed by atoms with E-state index in [1.807, 2.05) is 6.07 Å². The molecular weight excluding hydrogens is 384 g/mol. The molecule has 0 spiro atoms. The number of aryl methyl sites for hydroxylation is 2. The minimum Gasteiger partial charge on any atom is -0.497 e. The number of amides is 1. The predicted octanol–water partition coefficient (Wildman–Crippen LogP) is 2.89. The van der Waals surface area contributed by atoms with E-state index >= 15 is 0 Å². The minimum atomic E-state index is -0.777. The average Bonchev–Trinajstić information content (AvgIpc) is 2.77. The quantitative estimate of drug-likeness (QED) is 0.698. The van der Waals surface area contributed by atoms with Crippen molar-refractivity contribution >= 4 is 22.6 Å². The Morgan fingerprint density at radius 1 is 1.17 bits per heavy atom. The Morgan fingerprint density at radius 3 is 2.73 bits per heavy atom. The molecule has 1 aliphatic rings. The molecule has 0 saturated heterocycles. The van der Waals surface area contributed by atoms with Crippen LogP contribution in [0.2, 0.25) is 0 Å². The fourth-order valence-corrected chi connectivity index (χ4v) is 3.74. The smallest absolute Gasteiger partial charge is 0.263 e. The number of anilines is 1. The van der Waals surface area contributed by atoms with Crippen molar-refractivity contribution in [3.63, 3.8) is 0 Å². The zero-order chi connectivity index (χ0) is 21.3. The highest BCUT2D eigenvalue weighted by Gasteiger charge is 2.21. The van der Waals surface area contributed by atoms with Crippen LogP contribution in [0.25, 0.3) is 11.0 Å². The molecule has 2 aromatic heterocycles. The topological polar surface area (TPSA) is 95.3 Å². The van der Waals surface area contributed by atoms with E-state index in [9.17, 15) is 9.59 Å². The lowest BCUT2D eigenvalue weighted by Crippen LogP contribution is -2.32. The first-order valence-corrected chi connectivity index (χ1v) is 9.94. The first-order chi connectivity index (χ1) is 14.5. The van der Waals surface area contributed by atoms with Gasteiger partial charge in [-0.3, -0.25) is 14.2 Å². The summed E-state index contributed by atoms with van der Waals surface area (Å²) in [4.78, 5) is 34.9. The lowest BCUT2D eigenvalue weighted by Gasteiger charge is -2.18. The molecule has 30 heavy (non-hydrogen) atoms. The molecule has 8 nitrogen and oxygen atoms in total. The third-order valence-electron chi connectivity index (χ3n) is 5.51. The number of rotatable bonds is 5. The van der Waals surface area contributed by atoms with Crippen LogP contribution < -0.4 is 20.3 Å². The van der Waals surface area contributed by atoms with Crippen LogP contribution in [0.15, 0.2) is 35.4 Å². The number of carbonyl (C=O) groups excluding carboxylic acids is 1. The second-order valence-corrected chi connectivity index (χ2v) is 7.36. The van der Waals surface area contributed by atoms with Gasteiger partial charge in [0.25, 0.3) is 5.56 Å². The molecule has 8 heteroatoms. The lowest BCUT2D eigenvalue weighted by atomic mass is 9.95. The van der Waals surface area contributed by atoms with Gasteiger partial charge in [0.05, 0.1) is 25.3 Å². The molecule has 1 N–H and O–H groups in total. The van der Waals surface area contributed by atoms with Gasteiger partial charge in [0.2, 0.25) is 5.91 Å². The van der Waals surface area contributed by atoms with Crippen LogP contribution in [-0.4, -0.2) is 34.7 Å². The van der Waals surface area contributed by atoms with Crippen LogP contribution in [0, 0.1) is 0 Å². The summed E-state index contributed by atoms with van der Waals surface area (Å²) in [5, 5.41) is 3.25. The number of hydrogen-bond acceptors (Lipinski definition) is 6. The second kappa shape index (κ2) is 8.14. The Labute approximate surface area is 173 Å². The lowest BCUT2D eigenvalue weighted by molar-refractivity contribution is -0.118. The summed E-state index contributed by atoms with van der Waals surface area (Å²) >= 11 is 0. The molecule has 4 rings (SSSR count). The molecule has 0 bridgehead atoms. The van der Waals surface area contributed by atoms with Crippen molar-refractivity contribution in [2.45, 2.75) is 38.6 Å². The Balaban J connectivity index is 1.66. The largest absolute Gasteiger partial charge is 0.497 e. The maximum atomic E-state index is 13.1. The fraction of sp³-hybridized carbons (Fsp3) is 0.364. The number of nitrogens with zero attached hydrogens (tertiary/aromatic N) is 3. The van der Waals surface area contributed by atoms with Crippen molar-refractivity contribution < 1.29 is 14.3 Å². The van der Waals surface area contributed by atoms with Gasteiger partial charge in [-0.2, -0.15) is 0 Å². The molecule has 1 aliphatic carbocycles. The number of pyridine rings is 1. The Kier molecular flexibility index (Phi) is 5.39. The van der Waals surface area contributed by atoms with Crippen LogP contribution in [0.1, 0.15) is 37.1 Å². The maximum Gasteiger partial charge on any atom is 0.263 e. The molecule has 1 amide bonds. The van der Waals surface area contributed by atoms with Crippen LogP contribution in [0.5, 0.6) is 11.5 Å². The summed E-state index contributed by atoms with van der Waals surface area (Å²) in [6.07, 6.45) is 5.42. The van der Waals surface area contributed by atoms with Crippen LogP contribution >= 0.6 is 0 Å². The van der Waals surface area contributed by atoms with Gasteiger partial charge in [0, 0.05) is 11.8 Å². The molecule has 2 heterocycles. The van der Waals surface area contributed by atoms with E-state index < -0.39 is 6.04 Å². The molecule has 156 valence electrons. The monoisotopic (exact) mass is 408 g/mol. The number of benzene rings is 1. The zero-order valence-corrected chi connectivity index (χ0v) is 17.3. The summed E-state index contributed by atoms with van der Waals surface area (Å²) in [6.45, 7) is 1.66. The predicted molar refractivity (Wildman–Crippen MR) is 113 cm³/mol. The molecule has 0 saturated carbocycles. The molecule has 1 unspecified atom stereocenters. The number of carbonyl (C=O) groups is 1. The van der Waals surface area contributed by atoms with Crippen molar-refractivity contribution in [3.05, 3.63) is 52.2 Å². The van der Waals surface area contributed by atoms with Crippen molar-refractivity contribution in [1.29, 1.82) is 0 Å². The van der Waals surface area contributed by atoms with E-state index in [1.54, 1.807) is 32.2 Å². The van der Waals surface area contributed by atoms with Crippen molar-refractivity contribution in [1.82, 2.24) is 14.5 Å². The molecule has 0 radical (unpaired) electrons. The molecular formula is C22H24N4O4. The standard InChI is InChI=1S/C22H24N4O4/c1-13(21(27)25-18-11-15(29-2)8-9-19(18)30-3)26-12-23-20-16(22(26)28)10-14-6-4-5-7-17(14)24-20/h8-13H,4-7H2,1-3H3,(H,25,27). The first-order valence-electron chi connectivity index (χ1n) is 9.94. The molecule has 3 aromatic rings.